The van der Waals surface area contributed by atoms with Gasteiger partial charge in [-0.3, -0.25) is 19.2 Å². The van der Waals surface area contributed by atoms with Gasteiger partial charge >= 0.3 is 24.1 Å². The van der Waals surface area contributed by atoms with Crippen molar-refractivity contribution in [2.45, 2.75) is 184 Å². The van der Waals surface area contributed by atoms with Crippen molar-refractivity contribution in [2.24, 2.45) is 68.0 Å². The number of hydrogen-bond acceptors (Lipinski definition) is 11. The van der Waals surface area contributed by atoms with Gasteiger partial charge in [-0.2, -0.15) is 13.2 Å². The first-order chi connectivity index (χ1) is 36.0. The van der Waals surface area contributed by atoms with Crippen molar-refractivity contribution >= 4 is 176 Å². The molecule has 6 aliphatic carbocycles. The van der Waals surface area contributed by atoms with Crippen LogP contribution < -0.4 is 0 Å². The molecule has 10 nitrogen and oxygen atoms in total. The molecule has 6 rings (SSSR count). The van der Waals surface area contributed by atoms with E-state index in [1.54, 1.807) is 134 Å². The van der Waals surface area contributed by atoms with Crippen molar-refractivity contribution in [2.75, 3.05) is 0 Å². The molecule has 450 valence electrons. The first-order valence-electron chi connectivity index (χ1n) is 25.0. The summed E-state index contributed by atoms with van der Waals surface area (Å²) in [5.41, 5.74) is -3.50. The molecule has 0 amide bonds. The predicted octanol–water partition coefficient (Wildman–Crippen LogP) is 9.84. The minimum atomic E-state index is -5.11. The van der Waals surface area contributed by atoms with Crippen LogP contribution in [0.2, 0.25) is 0 Å². The van der Waals surface area contributed by atoms with Crippen LogP contribution in [0.25, 0.3) is 0 Å². The van der Waals surface area contributed by atoms with E-state index in [4.69, 9.17) is 37.0 Å². The lowest BCUT2D eigenvalue weighted by Crippen LogP contribution is -2.63. The Labute approximate surface area is 510 Å². The number of aliphatic hydroxyl groups is 2. The Morgan fingerprint density at radius 3 is 1.44 bits per heavy atom. The zero-order valence-corrected chi connectivity index (χ0v) is 57.8. The van der Waals surface area contributed by atoms with E-state index in [0.717, 1.165) is 25.7 Å². The van der Waals surface area contributed by atoms with Gasteiger partial charge in [0.15, 0.2) is 0 Å². The monoisotopic (exact) mass is 1390 g/mol. The van der Waals surface area contributed by atoms with Crippen LogP contribution in [0, 0.1) is 68.0 Å². The maximum atomic E-state index is 13.2. The Balaban J connectivity index is 0.000000394. The first-order valence-corrected chi connectivity index (χ1v) is 45.0. The fraction of sp³-hybridized carbons (Fsp3) is 0.816. The van der Waals surface area contributed by atoms with Crippen LogP contribution >= 0.6 is 0 Å². The summed E-state index contributed by atoms with van der Waals surface area (Å²) in [5, 5.41) is 30.4. The van der Waals surface area contributed by atoms with E-state index in [1.807, 2.05) is 26.8 Å². The number of carboxylic acid groups (broad SMARTS) is 1. The minimum absolute atomic E-state index is 0. The van der Waals surface area contributed by atoms with Crippen LogP contribution in [0.3, 0.4) is 0 Å². The smallest absolute Gasteiger partial charge is 0.481 e. The number of rotatable bonds is 6. The van der Waals surface area contributed by atoms with Crippen molar-refractivity contribution in [3.8, 4) is 0 Å². The zero-order valence-electron chi connectivity index (χ0n) is 44.7. The van der Waals surface area contributed by atoms with Gasteiger partial charge in [-0.15, -0.1) is 13.2 Å². The summed E-state index contributed by atoms with van der Waals surface area (Å²) in [6.45, 7) is 27.2. The number of aliphatic hydroxyl groups excluding tert-OH is 2. The van der Waals surface area contributed by atoms with Crippen molar-refractivity contribution < 1.29 is 61.9 Å². The van der Waals surface area contributed by atoms with Gasteiger partial charge < -0.3 is 24.8 Å². The van der Waals surface area contributed by atoms with E-state index in [-0.39, 0.29) is 61.1 Å². The van der Waals surface area contributed by atoms with E-state index in [9.17, 15) is 47.4 Å². The molecule has 6 fully saturated rings. The lowest BCUT2D eigenvalue weighted by atomic mass is 9.44. The van der Waals surface area contributed by atoms with Crippen molar-refractivity contribution in [3.05, 3.63) is 25.3 Å². The largest absolute Gasteiger partial charge is 0.490 e. The topological polar surface area (TPSA) is 164 Å². The highest BCUT2D eigenvalue weighted by Crippen LogP contribution is 2.69. The molecule has 0 aromatic rings. The molecular formula is C49H77F3O10S16. The molecule has 0 aliphatic heterocycles. The van der Waals surface area contributed by atoms with Crippen LogP contribution in [0.1, 0.15) is 154 Å². The first kappa shape index (κ1) is 74.6. The number of halogens is 3. The summed E-state index contributed by atoms with van der Waals surface area (Å²) in [5.74, 6) is -3.56. The molecule has 3 N–H and O–H groups in total. The molecule has 0 aromatic carbocycles. The summed E-state index contributed by atoms with van der Waals surface area (Å²) in [4.78, 5) is 59.7. The van der Waals surface area contributed by atoms with Gasteiger partial charge in [0.25, 0.3) is 0 Å². The molecule has 0 radical (unpaired) electrons. The van der Waals surface area contributed by atoms with Crippen LogP contribution in [0.15, 0.2) is 25.3 Å². The molecule has 6 saturated carbocycles. The molecule has 6 aliphatic rings. The molecule has 2 unspecified atom stereocenters. The average molecular weight is 1400 g/mol. The molecule has 29 heteroatoms. The zero-order chi connectivity index (χ0) is 58.4. The second-order valence-electron chi connectivity index (χ2n) is 21.6. The van der Waals surface area contributed by atoms with Gasteiger partial charge in [0.1, 0.15) is 23.8 Å². The summed E-state index contributed by atoms with van der Waals surface area (Å²) >= 11 is 9.46. The van der Waals surface area contributed by atoms with E-state index >= 15 is 0 Å². The molecule has 0 spiro atoms. The van der Waals surface area contributed by atoms with E-state index in [1.165, 1.54) is 23.8 Å². The number of ketones is 2. The second-order valence-corrected chi connectivity index (χ2v) is 46.4. The van der Waals surface area contributed by atoms with Crippen molar-refractivity contribution in [1.29, 1.82) is 0 Å². The number of carbonyl (C=O) groups excluding carboxylic acids is 4. The number of carboxylic acids is 1. The van der Waals surface area contributed by atoms with Crippen LogP contribution in [0.5, 0.6) is 0 Å². The molecule has 0 saturated heterocycles. The van der Waals surface area contributed by atoms with Crippen LogP contribution in [0.4, 0.5) is 13.2 Å². The summed E-state index contributed by atoms with van der Waals surface area (Å²) in [6, 6.07) is 0. The van der Waals surface area contributed by atoms with E-state index in [0.29, 0.717) is 44.3 Å². The minimum Gasteiger partial charge on any atom is -0.481 e. The van der Waals surface area contributed by atoms with Crippen LogP contribution in [-0.2, 0) is 180 Å². The van der Waals surface area contributed by atoms with Gasteiger partial charge in [-0.1, -0.05) is 88.8 Å². The molecule has 78 heavy (non-hydrogen) atoms. The number of alkyl halides is 3. The van der Waals surface area contributed by atoms with Gasteiger partial charge in [0, 0.05) is 212 Å². The van der Waals surface area contributed by atoms with Crippen molar-refractivity contribution in [3.63, 3.8) is 0 Å². The number of esters is 2. The molecule has 0 aromatic heterocycles. The Hall–Kier alpha value is 0.460. The fourth-order valence-corrected chi connectivity index (χ4v) is 46.6. The predicted molar refractivity (Wildman–Crippen MR) is 348 cm³/mol. The average Bonchev–Trinajstić information content (AvgIpc) is 3.94. The third-order valence-corrected chi connectivity index (χ3v) is 47.2. The normalized spacial score (nSPS) is 36.9. The standard InChI is InChI=1S/C23H36O4.C22H31F3O4.C3H6O2.CH4.S16/c1-7-18(25)27-17-13-21(5,8-2)20(26)15(4)23-11-9-14(3)22(17,6)19(23)16(24)10-12-23;1-6-19(4)11-15(27)20(5)12(2)7-9-21(10-8-14(26)16(20)21)13(3)17(19)29-18(28)22(23,24)25;1-2-3(4)5;;1-3-5-7-9-11-13-15-16-14-12-10-8-6-4-2/h8,14-15,17,19-20,26H,2,7,9-13H2,1,3-6H3;6,12-13,15-17,27H,1,7-11H2,2-5H3;2H2,1H3,(H,4,5);1H4;/t14-,15+,17-,19?,20+,21+,22+,23+;12-,13+,15-,16?,17+,19+,20+,21+;;;/m11.../s1. The highest BCUT2D eigenvalue weighted by molar-refractivity contribution is 8.77. The molecular weight excluding hydrogens is 1320 g/mol. The maximum Gasteiger partial charge on any atom is 0.490 e. The molecule has 0 heterocycles. The maximum absolute atomic E-state index is 13.2. The molecule has 16 atom stereocenters. The highest BCUT2D eigenvalue weighted by atomic mass is 33.5. The van der Waals surface area contributed by atoms with Gasteiger partial charge in [0.2, 0.25) is 0 Å². The number of ether oxygens (including phenoxy) is 2. The number of hydrogen-bond donors (Lipinski definition) is 3. The Bertz CT molecular complexity index is 2830. The SMILES string of the molecule is C.C=C[C@@]1(C)C[C@@H](O)[C@@]2(C)C3C(=O)CC[C@@]3(CC[C@H]2C)[C@@H](C)[C@@H]1OC(=O)C(F)(F)F.C=C[C@@]1(C)C[C@@H](OC(=O)CC)[C@@]2(C)C3C(=O)CC[C@@]3(CC[C@H]2C)[C@@H](C)[C@@H]1O.CCC(=O)O.S=S=S=S=S=S=S=S=S=S=S=S=S=S=S=S. The quantitative estimate of drug-likeness (QED) is 0.171. The van der Waals surface area contributed by atoms with Crippen LogP contribution in [-0.4, -0.2) is 75.4 Å². The fourth-order valence-electron chi connectivity index (χ4n) is 13.6. The number of Topliss-reactive ketones (excluding diaryl/α,β-unsaturated/α-hetero) is 2. The van der Waals surface area contributed by atoms with E-state index in [2.05, 4.69) is 33.9 Å². The van der Waals surface area contributed by atoms with Crippen molar-refractivity contribution in [1.82, 2.24) is 0 Å². The Kier molecular flexibility index (Phi) is 31.4. The van der Waals surface area contributed by atoms with Gasteiger partial charge in [-0.05, 0) is 80.0 Å². The highest BCUT2D eigenvalue weighted by Gasteiger charge is 2.70. The lowest BCUT2D eigenvalue weighted by molar-refractivity contribution is -0.229. The lowest BCUT2D eigenvalue weighted by Gasteiger charge is -2.61. The summed E-state index contributed by atoms with van der Waals surface area (Å²) in [6.07, 6.45) is 1.98. The van der Waals surface area contributed by atoms with Gasteiger partial charge in [-0.25, -0.2) is 4.79 Å². The Morgan fingerprint density at radius 2 is 1.05 bits per heavy atom. The number of carbonyl (C=O) groups is 5. The van der Waals surface area contributed by atoms with E-state index < -0.39 is 81.4 Å². The number of aliphatic carboxylic acids is 1. The summed E-state index contributed by atoms with van der Waals surface area (Å²) in [7, 11) is 23.5. The second kappa shape index (κ2) is 32.8. The molecule has 4 bridgehead atoms. The van der Waals surface area contributed by atoms with Gasteiger partial charge in [0.05, 0.1) is 12.2 Å². The Morgan fingerprint density at radius 1 is 0.654 bits per heavy atom. The third kappa shape index (κ3) is 17.1. The summed E-state index contributed by atoms with van der Waals surface area (Å²) < 4.78 is 50.2. The third-order valence-electron chi connectivity index (χ3n) is 18.3.